The highest BCUT2D eigenvalue weighted by Crippen LogP contribution is 2.48. The number of para-hydroxylation sites is 1. The summed E-state index contributed by atoms with van der Waals surface area (Å²) < 4.78 is 41.6. The molecule has 2 aliphatic heterocycles. The normalized spacial score (nSPS) is 19.5. The van der Waals surface area contributed by atoms with Crippen molar-refractivity contribution in [2.45, 2.75) is 50.5 Å². The van der Waals surface area contributed by atoms with Crippen LogP contribution in [-0.2, 0) is 19.5 Å². The summed E-state index contributed by atoms with van der Waals surface area (Å²) in [7, 11) is 0. The molecule has 172 valence electrons. The first kappa shape index (κ1) is 20.3. The van der Waals surface area contributed by atoms with Gasteiger partial charge in [-0.3, -0.25) is 14.3 Å². The minimum absolute atomic E-state index is 0.150. The standard InChI is InChI=1S/C23H22F3N5O2/c24-23(25,26)13-30-21(33)19-15-12-29(20(32)18-11-14-3-1-2-4-16(14)27-18)9-5-17(15)28-31(19)10-8-22(30)6-7-22/h1-4,11,27H,5-10,12-13H2. The average molecular weight is 457 g/mol. The Hall–Kier alpha value is -3.30. The van der Waals surface area contributed by atoms with Gasteiger partial charge in [0.15, 0.2) is 0 Å². The lowest BCUT2D eigenvalue weighted by Gasteiger charge is -2.31. The van der Waals surface area contributed by atoms with Gasteiger partial charge in [0.1, 0.15) is 17.9 Å². The molecule has 0 atom stereocenters. The van der Waals surface area contributed by atoms with Gasteiger partial charge in [0.2, 0.25) is 0 Å². The van der Waals surface area contributed by atoms with Crippen LogP contribution in [0, 0.1) is 0 Å². The maximum atomic E-state index is 13.4. The number of aryl methyl sites for hydroxylation is 1. The fraction of sp³-hybridized carbons (Fsp3) is 0.435. The molecule has 3 aromatic rings. The minimum Gasteiger partial charge on any atom is -0.351 e. The smallest absolute Gasteiger partial charge is 0.351 e. The number of hydrogen-bond acceptors (Lipinski definition) is 3. The molecule has 1 N–H and O–H groups in total. The number of benzene rings is 1. The number of aromatic amines is 1. The van der Waals surface area contributed by atoms with Crippen molar-refractivity contribution in [3.8, 4) is 0 Å². The largest absolute Gasteiger partial charge is 0.406 e. The molecule has 7 nitrogen and oxygen atoms in total. The Morgan fingerprint density at radius 2 is 1.94 bits per heavy atom. The number of nitrogens with one attached hydrogen (secondary N) is 1. The summed E-state index contributed by atoms with van der Waals surface area (Å²) >= 11 is 0. The summed E-state index contributed by atoms with van der Waals surface area (Å²) in [5, 5.41) is 5.49. The Kier molecular flexibility index (Phi) is 4.22. The van der Waals surface area contributed by atoms with Crippen molar-refractivity contribution < 1.29 is 22.8 Å². The van der Waals surface area contributed by atoms with Crippen LogP contribution in [-0.4, -0.2) is 61.2 Å². The number of carbonyl (C=O) groups is 2. The van der Waals surface area contributed by atoms with E-state index in [2.05, 4.69) is 10.1 Å². The van der Waals surface area contributed by atoms with Gasteiger partial charge in [-0.1, -0.05) is 18.2 Å². The van der Waals surface area contributed by atoms with Crippen LogP contribution in [0.1, 0.15) is 51.5 Å². The summed E-state index contributed by atoms with van der Waals surface area (Å²) in [5.74, 6) is -0.834. The Labute approximate surface area is 187 Å². The topological polar surface area (TPSA) is 74.2 Å². The third-order valence-electron chi connectivity index (χ3n) is 7.12. The Morgan fingerprint density at radius 1 is 1.15 bits per heavy atom. The van der Waals surface area contributed by atoms with Crippen molar-refractivity contribution in [1.29, 1.82) is 0 Å². The van der Waals surface area contributed by atoms with Gasteiger partial charge in [-0.05, 0) is 31.4 Å². The van der Waals surface area contributed by atoms with Crippen LogP contribution in [0.4, 0.5) is 13.2 Å². The molecule has 6 rings (SSSR count). The van der Waals surface area contributed by atoms with E-state index in [9.17, 15) is 22.8 Å². The number of nitrogens with zero attached hydrogens (tertiary/aromatic N) is 4. The fourth-order valence-corrected chi connectivity index (χ4v) is 5.24. The second-order valence-corrected chi connectivity index (χ2v) is 9.22. The molecule has 0 bridgehead atoms. The molecule has 2 amide bonds. The fourth-order valence-electron chi connectivity index (χ4n) is 5.24. The van der Waals surface area contributed by atoms with Gasteiger partial charge < -0.3 is 14.8 Å². The van der Waals surface area contributed by atoms with E-state index >= 15 is 0 Å². The van der Waals surface area contributed by atoms with Crippen molar-refractivity contribution in [2.75, 3.05) is 13.1 Å². The maximum absolute atomic E-state index is 13.4. The number of carbonyl (C=O) groups excluding carboxylic acids is 2. The monoisotopic (exact) mass is 457 g/mol. The van der Waals surface area contributed by atoms with Crippen molar-refractivity contribution >= 4 is 22.7 Å². The van der Waals surface area contributed by atoms with E-state index in [4.69, 9.17) is 0 Å². The highest BCUT2D eigenvalue weighted by atomic mass is 19.4. The van der Waals surface area contributed by atoms with Crippen LogP contribution in [0.5, 0.6) is 0 Å². The number of fused-ring (bicyclic) bond motifs is 4. The number of H-pyrrole nitrogens is 1. The van der Waals surface area contributed by atoms with E-state index in [1.807, 2.05) is 24.3 Å². The Bertz CT molecular complexity index is 1250. The van der Waals surface area contributed by atoms with Gasteiger partial charge in [-0.2, -0.15) is 18.3 Å². The van der Waals surface area contributed by atoms with Crippen molar-refractivity contribution in [2.24, 2.45) is 0 Å². The van der Waals surface area contributed by atoms with Gasteiger partial charge in [-0.25, -0.2) is 0 Å². The molecule has 0 unspecified atom stereocenters. The third-order valence-corrected chi connectivity index (χ3v) is 7.12. The molecular formula is C23H22F3N5O2. The lowest BCUT2D eigenvalue weighted by Crippen LogP contribution is -2.47. The molecule has 4 heterocycles. The van der Waals surface area contributed by atoms with E-state index in [0.717, 1.165) is 15.8 Å². The van der Waals surface area contributed by atoms with Crippen molar-refractivity contribution in [3.05, 3.63) is 53.0 Å². The molecule has 3 aliphatic rings. The van der Waals surface area contributed by atoms with Gasteiger partial charge in [-0.15, -0.1) is 0 Å². The van der Waals surface area contributed by atoms with Gasteiger partial charge >= 0.3 is 6.18 Å². The van der Waals surface area contributed by atoms with E-state index in [0.29, 0.717) is 55.7 Å². The predicted octanol–water partition coefficient (Wildman–Crippen LogP) is 3.50. The van der Waals surface area contributed by atoms with E-state index < -0.39 is 24.2 Å². The first-order valence-corrected chi connectivity index (χ1v) is 11.1. The second-order valence-electron chi connectivity index (χ2n) is 9.22. The van der Waals surface area contributed by atoms with Crippen LogP contribution >= 0.6 is 0 Å². The maximum Gasteiger partial charge on any atom is 0.406 e. The van der Waals surface area contributed by atoms with Gasteiger partial charge in [0.05, 0.1) is 12.2 Å². The Morgan fingerprint density at radius 3 is 2.67 bits per heavy atom. The highest BCUT2D eigenvalue weighted by Gasteiger charge is 2.55. The number of alkyl halides is 3. The zero-order valence-electron chi connectivity index (χ0n) is 17.8. The predicted molar refractivity (Wildman–Crippen MR) is 113 cm³/mol. The average Bonchev–Trinajstić information content (AvgIpc) is 3.31. The van der Waals surface area contributed by atoms with Crippen molar-refractivity contribution in [1.82, 2.24) is 24.6 Å². The van der Waals surface area contributed by atoms with Crippen LogP contribution in [0.15, 0.2) is 30.3 Å². The zero-order valence-corrected chi connectivity index (χ0v) is 17.8. The summed E-state index contributed by atoms with van der Waals surface area (Å²) in [5.41, 5.74) is 2.03. The summed E-state index contributed by atoms with van der Waals surface area (Å²) in [4.78, 5) is 32.4. The van der Waals surface area contributed by atoms with E-state index in [-0.39, 0.29) is 18.1 Å². The lowest BCUT2D eigenvalue weighted by atomic mass is 10.0. The molecule has 1 spiro atoms. The molecule has 2 aromatic heterocycles. The number of halogens is 3. The minimum atomic E-state index is -4.47. The molecule has 0 radical (unpaired) electrons. The van der Waals surface area contributed by atoms with Gasteiger partial charge in [0, 0.05) is 41.5 Å². The zero-order chi connectivity index (χ0) is 23.0. The second kappa shape index (κ2) is 6.85. The number of rotatable bonds is 2. The molecule has 1 aromatic carbocycles. The molecule has 10 heteroatoms. The molecular weight excluding hydrogens is 435 g/mol. The highest BCUT2D eigenvalue weighted by molar-refractivity contribution is 5.99. The number of hydrogen-bond donors (Lipinski definition) is 1. The summed E-state index contributed by atoms with van der Waals surface area (Å²) in [6.07, 6.45) is -2.41. The molecule has 1 fully saturated rings. The quantitative estimate of drug-likeness (QED) is 0.640. The number of aromatic nitrogens is 3. The van der Waals surface area contributed by atoms with Crippen LogP contribution in [0.25, 0.3) is 10.9 Å². The summed E-state index contributed by atoms with van der Waals surface area (Å²) in [6.45, 7) is -0.276. The van der Waals surface area contributed by atoms with E-state index in [1.54, 1.807) is 15.6 Å². The summed E-state index contributed by atoms with van der Waals surface area (Å²) in [6, 6.07) is 9.37. The van der Waals surface area contributed by atoms with Crippen LogP contribution in [0.3, 0.4) is 0 Å². The lowest BCUT2D eigenvalue weighted by molar-refractivity contribution is -0.146. The molecule has 1 saturated carbocycles. The molecule has 33 heavy (non-hydrogen) atoms. The number of amides is 2. The first-order chi connectivity index (χ1) is 15.7. The first-order valence-electron chi connectivity index (χ1n) is 11.1. The van der Waals surface area contributed by atoms with Gasteiger partial charge in [0.25, 0.3) is 11.8 Å². The van der Waals surface area contributed by atoms with Crippen molar-refractivity contribution in [3.63, 3.8) is 0 Å². The van der Waals surface area contributed by atoms with Crippen LogP contribution in [0.2, 0.25) is 0 Å². The molecule has 1 aliphatic carbocycles. The third kappa shape index (κ3) is 3.30. The molecule has 0 saturated heterocycles. The van der Waals surface area contributed by atoms with Crippen LogP contribution < -0.4 is 0 Å². The van der Waals surface area contributed by atoms with E-state index in [1.165, 1.54) is 0 Å². The Balaban J connectivity index is 1.33. The SMILES string of the molecule is O=C(c1cc2ccccc2[nH]1)N1CCc2nn3c(c2C1)C(=O)N(CC(F)(F)F)C1(CC3)CC1.